The molecule has 1 heterocycles. The van der Waals surface area contributed by atoms with Gasteiger partial charge >= 0.3 is 0 Å². The van der Waals surface area contributed by atoms with Crippen molar-refractivity contribution in [3.05, 3.63) is 36.2 Å². The fourth-order valence-corrected chi connectivity index (χ4v) is 0.982. The Morgan fingerprint density at radius 3 is 3.09 bits per heavy atom. The van der Waals surface area contributed by atoms with Crippen LogP contribution in [0.4, 0.5) is 0 Å². The minimum atomic E-state index is 0.637. The van der Waals surface area contributed by atoms with E-state index in [9.17, 15) is 0 Å². The van der Waals surface area contributed by atoms with E-state index in [4.69, 9.17) is 5.73 Å². The Morgan fingerprint density at radius 2 is 2.45 bits per heavy atom. The first-order valence-electron chi connectivity index (χ1n) is 3.65. The average Bonchev–Trinajstić information content (AvgIpc) is 2.06. The zero-order chi connectivity index (χ0) is 8.10. The van der Waals surface area contributed by atoms with Crippen LogP contribution in [-0.4, -0.2) is 11.5 Å². The predicted molar refractivity (Wildman–Crippen MR) is 47.1 cm³/mol. The quantitative estimate of drug-likeness (QED) is 0.700. The number of rotatable bonds is 3. The van der Waals surface area contributed by atoms with Gasteiger partial charge in [-0.05, 0) is 18.2 Å². The van der Waals surface area contributed by atoms with Crippen molar-refractivity contribution >= 4 is 6.08 Å². The molecule has 1 aromatic heterocycles. The van der Waals surface area contributed by atoms with Crippen molar-refractivity contribution in [2.24, 2.45) is 5.73 Å². The van der Waals surface area contributed by atoms with Gasteiger partial charge in [-0.3, -0.25) is 4.98 Å². The fourth-order valence-electron chi connectivity index (χ4n) is 0.982. The lowest BCUT2D eigenvalue weighted by molar-refractivity contribution is 0.920. The Labute approximate surface area is 66.8 Å². The molecule has 0 aliphatic carbocycles. The van der Waals surface area contributed by atoms with Gasteiger partial charge in [-0.25, -0.2) is 0 Å². The van der Waals surface area contributed by atoms with Gasteiger partial charge in [0.2, 0.25) is 0 Å². The molecule has 2 N–H and O–H groups in total. The van der Waals surface area contributed by atoms with Crippen molar-refractivity contribution in [1.82, 2.24) is 4.98 Å². The van der Waals surface area contributed by atoms with Crippen molar-refractivity contribution in [1.29, 1.82) is 0 Å². The Balaban J connectivity index is 2.92. The molecular formula is C9H12N2. The van der Waals surface area contributed by atoms with Gasteiger partial charge < -0.3 is 5.73 Å². The fraction of sp³-hybridized carbons (Fsp3) is 0.222. The van der Waals surface area contributed by atoms with Crippen LogP contribution in [0.25, 0.3) is 6.08 Å². The molecule has 1 aromatic rings. The molecule has 0 atom stereocenters. The molecule has 2 heteroatoms. The van der Waals surface area contributed by atoms with Gasteiger partial charge in [-0.15, -0.1) is 0 Å². The first kappa shape index (κ1) is 7.95. The molecule has 11 heavy (non-hydrogen) atoms. The van der Waals surface area contributed by atoms with Crippen LogP contribution in [0.5, 0.6) is 0 Å². The van der Waals surface area contributed by atoms with Crippen LogP contribution in [0, 0.1) is 0 Å². The lowest BCUT2D eigenvalue weighted by atomic mass is 10.1. The first-order chi connectivity index (χ1) is 5.38. The average molecular weight is 148 g/mol. The number of hydrogen-bond donors (Lipinski definition) is 1. The second kappa shape index (κ2) is 3.88. The predicted octanol–water partition coefficient (Wildman–Crippen LogP) is 1.23. The molecule has 1 rings (SSSR count). The minimum absolute atomic E-state index is 0.637. The van der Waals surface area contributed by atoms with E-state index in [2.05, 4.69) is 11.6 Å². The van der Waals surface area contributed by atoms with E-state index in [-0.39, 0.29) is 0 Å². The Hall–Kier alpha value is -1.15. The highest BCUT2D eigenvalue weighted by atomic mass is 14.7. The van der Waals surface area contributed by atoms with Gasteiger partial charge in [0.15, 0.2) is 0 Å². The molecule has 0 aliphatic heterocycles. The summed E-state index contributed by atoms with van der Waals surface area (Å²) >= 11 is 0. The van der Waals surface area contributed by atoms with Crippen LogP contribution < -0.4 is 5.73 Å². The topological polar surface area (TPSA) is 38.9 Å². The molecule has 0 spiro atoms. The van der Waals surface area contributed by atoms with Gasteiger partial charge in [-0.2, -0.15) is 0 Å². The lowest BCUT2D eigenvalue weighted by Crippen LogP contribution is -2.05. The molecule has 0 amide bonds. The molecule has 0 bridgehead atoms. The number of nitrogens with two attached hydrogens (primary N) is 1. The van der Waals surface area contributed by atoms with Crippen LogP contribution in [0.3, 0.4) is 0 Å². The molecule has 0 saturated carbocycles. The summed E-state index contributed by atoms with van der Waals surface area (Å²) in [5.41, 5.74) is 7.52. The summed E-state index contributed by atoms with van der Waals surface area (Å²) in [5.74, 6) is 0. The van der Waals surface area contributed by atoms with E-state index >= 15 is 0 Å². The first-order valence-corrected chi connectivity index (χ1v) is 3.65. The van der Waals surface area contributed by atoms with E-state index in [0.717, 1.165) is 17.7 Å². The normalized spacial score (nSPS) is 9.55. The van der Waals surface area contributed by atoms with E-state index in [1.54, 1.807) is 12.3 Å². The second-order valence-corrected chi connectivity index (χ2v) is 2.28. The number of nitrogens with zero attached hydrogens (tertiary/aromatic N) is 1. The molecular weight excluding hydrogens is 136 g/mol. The maximum absolute atomic E-state index is 5.41. The van der Waals surface area contributed by atoms with Crippen LogP contribution >= 0.6 is 0 Å². The highest BCUT2D eigenvalue weighted by Crippen LogP contribution is 2.06. The van der Waals surface area contributed by atoms with Crippen LogP contribution in [0.15, 0.2) is 24.9 Å². The van der Waals surface area contributed by atoms with Gasteiger partial charge in [0.25, 0.3) is 0 Å². The molecule has 0 aromatic carbocycles. The summed E-state index contributed by atoms with van der Waals surface area (Å²) in [5, 5.41) is 0. The highest BCUT2D eigenvalue weighted by Gasteiger charge is 1.96. The van der Waals surface area contributed by atoms with Crippen LogP contribution in [0.2, 0.25) is 0 Å². The Bertz CT molecular complexity index is 243. The van der Waals surface area contributed by atoms with Gasteiger partial charge in [0, 0.05) is 18.3 Å². The number of pyridine rings is 1. The Morgan fingerprint density at radius 1 is 1.64 bits per heavy atom. The SMILES string of the molecule is C=Cc1cccnc1CCN. The van der Waals surface area contributed by atoms with Crippen molar-refractivity contribution in [3.8, 4) is 0 Å². The Kier molecular flexibility index (Phi) is 2.81. The second-order valence-electron chi connectivity index (χ2n) is 2.28. The van der Waals surface area contributed by atoms with E-state index < -0.39 is 0 Å². The largest absolute Gasteiger partial charge is 0.330 e. The summed E-state index contributed by atoms with van der Waals surface area (Å²) < 4.78 is 0. The maximum Gasteiger partial charge on any atom is 0.0488 e. The summed E-state index contributed by atoms with van der Waals surface area (Å²) in [4.78, 5) is 4.19. The van der Waals surface area contributed by atoms with Gasteiger partial charge in [-0.1, -0.05) is 18.7 Å². The van der Waals surface area contributed by atoms with E-state index in [1.807, 2.05) is 12.1 Å². The minimum Gasteiger partial charge on any atom is -0.330 e. The summed E-state index contributed by atoms with van der Waals surface area (Å²) in [6.45, 7) is 4.33. The van der Waals surface area contributed by atoms with Crippen LogP contribution in [-0.2, 0) is 6.42 Å². The van der Waals surface area contributed by atoms with Crippen molar-refractivity contribution < 1.29 is 0 Å². The molecule has 0 fully saturated rings. The van der Waals surface area contributed by atoms with Gasteiger partial charge in [0.05, 0.1) is 0 Å². The third-order valence-electron chi connectivity index (χ3n) is 1.53. The van der Waals surface area contributed by atoms with Crippen LogP contribution in [0.1, 0.15) is 11.3 Å². The molecule has 0 radical (unpaired) electrons. The summed E-state index contributed by atoms with van der Waals surface area (Å²) in [6.07, 6.45) is 4.40. The summed E-state index contributed by atoms with van der Waals surface area (Å²) in [6, 6.07) is 3.89. The van der Waals surface area contributed by atoms with Gasteiger partial charge in [0.1, 0.15) is 0 Å². The third kappa shape index (κ3) is 1.88. The van der Waals surface area contributed by atoms with Crippen molar-refractivity contribution in [2.45, 2.75) is 6.42 Å². The number of aromatic nitrogens is 1. The molecule has 2 nitrogen and oxygen atoms in total. The van der Waals surface area contributed by atoms with Crippen molar-refractivity contribution in [2.75, 3.05) is 6.54 Å². The molecule has 0 aliphatic rings. The smallest absolute Gasteiger partial charge is 0.0488 e. The monoisotopic (exact) mass is 148 g/mol. The molecule has 58 valence electrons. The standard InChI is InChI=1S/C9H12N2/c1-2-8-4-3-7-11-9(8)5-6-10/h2-4,7H,1,5-6,10H2. The zero-order valence-electron chi connectivity index (χ0n) is 6.46. The highest BCUT2D eigenvalue weighted by molar-refractivity contribution is 5.49. The van der Waals surface area contributed by atoms with E-state index in [1.165, 1.54) is 0 Å². The lowest BCUT2D eigenvalue weighted by Gasteiger charge is -2.00. The van der Waals surface area contributed by atoms with E-state index in [0.29, 0.717) is 6.54 Å². The third-order valence-corrected chi connectivity index (χ3v) is 1.53. The maximum atomic E-state index is 5.41. The zero-order valence-corrected chi connectivity index (χ0v) is 6.46. The summed E-state index contributed by atoms with van der Waals surface area (Å²) in [7, 11) is 0. The van der Waals surface area contributed by atoms with Crippen molar-refractivity contribution in [3.63, 3.8) is 0 Å². The number of hydrogen-bond acceptors (Lipinski definition) is 2. The molecule has 0 unspecified atom stereocenters. The molecule has 0 saturated heterocycles.